The third-order valence-electron chi connectivity index (χ3n) is 9.34. The van der Waals surface area contributed by atoms with Gasteiger partial charge in [-0.2, -0.15) is 0 Å². The van der Waals surface area contributed by atoms with E-state index >= 15 is 0 Å². The van der Waals surface area contributed by atoms with Gasteiger partial charge in [0.25, 0.3) is 0 Å². The Balaban J connectivity index is 1.14. The third-order valence-corrected chi connectivity index (χ3v) is 9.34. The minimum atomic E-state index is -0.170. The van der Waals surface area contributed by atoms with Crippen molar-refractivity contribution in [3.05, 3.63) is 174 Å². The molecule has 7 aromatic rings. The second-order valence-electron chi connectivity index (χ2n) is 12.5. The van der Waals surface area contributed by atoms with Gasteiger partial charge >= 0.3 is 0 Å². The highest BCUT2D eigenvalue weighted by molar-refractivity contribution is 5.91. The Kier molecular flexibility index (Phi) is 6.85. The molecule has 0 amide bonds. The lowest BCUT2D eigenvalue weighted by Gasteiger charge is -2.22. The standard InChI is InChI=1S/C44H31N3/c1-44(2)37-18-11-19-39(45-3)42(37)36-25-24-35(27-38(36)44)34-17-10-16-33(26-34)29-20-22-31(23-21-29)41-28-40(30-12-6-4-7-13-30)46-43(47-41)32-14-8-5-9-15-32/h4-28H,1-2H3. The number of rotatable bonds is 5. The van der Waals surface area contributed by atoms with E-state index in [-0.39, 0.29) is 5.41 Å². The van der Waals surface area contributed by atoms with Crippen LogP contribution in [0.5, 0.6) is 0 Å². The molecule has 222 valence electrons. The van der Waals surface area contributed by atoms with Gasteiger partial charge in [-0.1, -0.05) is 147 Å². The fourth-order valence-corrected chi connectivity index (χ4v) is 6.82. The molecule has 0 unspecified atom stereocenters. The third kappa shape index (κ3) is 5.01. The quantitative estimate of drug-likeness (QED) is 0.184. The number of hydrogen-bond acceptors (Lipinski definition) is 2. The van der Waals surface area contributed by atoms with Crippen LogP contribution in [0.3, 0.4) is 0 Å². The lowest BCUT2D eigenvalue weighted by molar-refractivity contribution is 0.661. The number of hydrogen-bond donors (Lipinski definition) is 0. The topological polar surface area (TPSA) is 30.1 Å². The number of benzene rings is 6. The maximum Gasteiger partial charge on any atom is 0.195 e. The molecule has 0 radical (unpaired) electrons. The molecule has 3 nitrogen and oxygen atoms in total. The van der Waals surface area contributed by atoms with Crippen LogP contribution in [-0.4, -0.2) is 9.97 Å². The summed E-state index contributed by atoms with van der Waals surface area (Å²) in [6.45, 7) is 12.3. The molecule has 47 heavy (non-hydrogen) atoms. The van der Waals surface area contributed by atoms with E-state index in [9.17, 15) is 0 Å². The molecule has 1 heterocycles. The second kappa shape index (κ2) is 11.4. The minimum absolute atomic E-state index is 0.170. The molecule has 0 atom stereocenters. The Labute approximate surface area is 275 Å². The fraction of sp³-hybridized carbons (Fsp3) is 0.0682. The molecular weight excluding hydrogens is 571 g/mol. The lowest BCUT2D eigenvalue weighted by atomic mass is 9.81. The molecule has 1 aliphatic carbocycles. The van der Waals surface area contributed by atoms with E-state index in [1.54, 1.807) is 0 Å². The summed E-state index contributed by atoms with van der Waals surface area (Å²) in [4.78, 5) is 13.8. The molecule has 6 aromatic carbocycles. The molecule has 0 fully saturated rings. The summed E-state index contributed by atoms with van der Waals surface area (Å²) in [5.74, 6) is 0.713. The Morgan fingerprint density at radius 1 is 0.468 bits per heavy atom. The van der Waals surface area contributed by atoms with Gasteiger partial charge in [0.1, 0.15) is 0 Å². The average molecular weight is 602 g/mol. The SMILES string of the molecule is [C-]#[N+]c1cccc2c1-c1ccc(-c3cccc(-c4ccc(-c5cc(-c6ccccc6)nc(-c6ccccc6)n5)cc4)c3)cc1C2(C)C. The number of fused-ring (bicyclic) bond motifs is 3. The van der Waals surface area contributed by atoms with Gasteiger partial charge in [-0.25, -0.2) is 14.8 Å². The summed E-state index contributed by atoms with van der Waals surface area (Å²) in [5.41, 5.74) is 14.8. The van der Waals surface area contributed by atoms with Crippen LogP contribution in [0.1, 0.15) is 25.0 Å². The molecule has 3 heteroatoms. The van der Waals surface area contributed by atoms with E-state index in [1.165, 1.54) is 27.8 Å². The van der Waals surface area contributed by atoms with Crippen molar-refractivity contribution in [2.45, 2.75) is 19.3 Å². The van der Waals surface area contributed by atoms with Crippen molar-refractivity contribution >= 4 is 5.69 Å². The van der Waals surface area contributed by atoms with E-state index in [2.05, 4.69) is 122 Å². The monoisotopic (exact) mass is 601 g/mol. The Hall–Kier alpha value is -6.11. The second-order valence-corrected chi connectivity index (χ2v) is 12.5. The van der Waals surface area contributed by atoms with Crippen molar-refractivity contribution < 1.29 is 0 Å². The summed E-state index contributed by atoms with van der Waals surface area (Å²) < 4.78 is 0. The maximum atomic E-state index is 7.74. The summed E-state index contributed by atoms with van der Waals surface area (Å²) in [5, 5.41) is 0. The highest BCUT2D eigenvalue weighted by Gasteiger charge is 2.36. The van der Waals surface area contributed by atoms with Crippen LogP contribution in [0, 0.1) is 6.57 Å². The van der Waals surface area contributed by atoms with E-state index in [1.807, 2.05) is 48.5 Å². The summed E-state index contributed by atoms with van der Waals surface area (Å²) in [6, 6.07) is 52.7. The van der Waals surface area contributed by atoms with Crippen molar-refractivity contribution in [2.24, 2.45) is 0 Å². The van der Waals surface area contributed by atoms with E-state index in [4.69, 9.17) is 16.5 Å². The Morgan fingerprint density at radius 2 is 1.00 bits per heavy atom. The van der Waals surface area contributed by atoms with Gasteiger partial charge in [-0.15, -0.1) is 0 Å². The molecule has 0 saturated carbocycles. The Morgan fingerprint density at radius 3 is 1.68 bits per heavy atom. The molecule has 1 aromatic heterocycles. The molecule has 0 bridgehead atoms. The van der Waals surface area contributed by atoms with Gasteiger partial charge < -0.3 is 0 Å². The van der Waals surface area contributed by atoms with Crippen LogP contribution >= 0.6 is 0 Å². The zero-order chi connectivity index (χ0) is 32.0. The van der Waals surface area contributed by atoms with E-state index in [0.29, 0.717) is 5.82 Å². The van der Waals surface area contributed by atoms with E-state index < -0.39 is 0 Å². The van der Waals surface area contributed by atoms with E-state index in [0.717, 1.165) is 50.5 Å². The maximum absolute atomic E-state index is 7.74. The molecule has 8 rings (SSSR count). The Bertz CT molecular complexity index is 2260. The van der Waals surface area contributed by atoms with Crippen LogP contribution in [0.25, 0.3) is 72.1 Å². The summed E-state index contributed by atoms with van der Waals surface area (Å²) >= 11 is 0. The number of aromatic nitrogens is 2. The average Bonchev–Trinajstić information content (AvgIpc) is 3.38. The van der Waals surface area contributed by atoms with Crippen LogP contribution in [-0.2, 0) is 5.41 Å². The molecule has 1 aliphatic rings. The van der Waals surface area contributed by atoms with Gasteiger partial charge in [0.2, 0.25) is 0 Å². The highest BCUT2D eigenvalue weighted by Crippen LogP contribution is 2.53. The van der Waals surface area contributed by atoms with Gasteiger partial charge in [0.05, 0.1) is 18.0 Å². The summed E-state index contributed by atoms with van der Waals surface area (Å²) in [6.07, 6.45) is 0. The van der Waals surface area contributed by atoms with Crippen LogP contribution in [0.15, 0.2) is 152 Å². The van der Waals surface area contributed by atoms with Crippen molar-refractivity contribution in [3.63, 3.8) is 0 Å². The van der Waals surface area contributed by atoms with Crippen molar-refractivity contribution in [3.8, 4) is 67.3 Å². The van der Waals surface area contributed by atoms with Gasteiger partial charge in [-0.3, -0.25) is 0 Å². The zero-order valence-corrected chi connectivity index (χ0v) is 26.3. The summed E-state index contributed by atoms with van der Waals surface area (Å²) in [7, 11) is 0. The smallest absolute Gasteiger partial charge is 0.195 e. The highest BCUT2D eigenvalue weighted by atomic mass is 14.9. The fourth-order valence-electron chi connectivity index (χ4n) is 6.82. The normalized spacial score (nSPS) is 12.6. The van der Waals surface area contributed by atoms with Gasteiger partial charge in [0, 0.05) is 22.1 Å². The van der Waals surface area contributed by atoms with Gasteiger partial charge in [0.15, 0.2) is 11.5 Å². The lowest BCUT2D eigenvalue weighted by Crippen LogP contribution is -2.14. The first-order chi connectivity index (χ1) is 23.0. The predicted octanol–water partition coefficient (Wildman–Crippen LogP) is 11.7. The first-order valence-electron chi connectivity index (χ1n) is 15.9. The molecule has 0 spiro atoms. The number of nitrogens with zero attached hydrogens (tertiary/aromatic N) is 3. The first-order valence-corrected chi connectivity index (χ1v) is 15.9. The van der Waals surface area contributed by atoms with Crippen LogP contribution in [0.2, 0.25) is 0 Å². The van der Waals surface area contributed by atoms with Crippen LogP contribution in [0.4, 0.5) is 5.69 Å². The van der Waals surface area contributed by atoms with Crippen molar-refractivity contribution in [1.29, 1.82) is 0 Å². The molecule has 0 N–H and O–H groups in total. The van der Waals surface area contributed by atoms with Crippen LogP contribution < -0.4 is 0 Å². The molecule has 0 aliphatic heterocycles. The predicted molar refractivity (Wildman–Crippen MR) is 193 cm³/mol. The van der Waals surface area contributed by atoms with Crippen molar-refractivity contribution in [1.82, 2.24) is 9.97 Å². The van der Waals surface area contributed by atoms with Crippen molar-refractivity contribution in [2.75, 3.05) is 0 Å². The zero-order valence-electron chi connectivity index (χ0n) is 26.3. The molecular formula is C44H31N3. The first kappa shape index (κ1) is 28.4. The molecule has 0 saturated heterocycles. The largest absolute Gasteiger partial charge is 0.238 e. The minimum Gasteiger partial charge on any atom is -0.238 e. The van der Waals surface area contributed by atoms with Gasteiger partial charge in [-0.05, 0) is 62.7 Å².